The summed E-state index contributed by atoms with van der Waals surface area (Å²) in [6.07, 6.45) is 3.43. The minimum atomic E-state index is -2.94. The third-order valence-corrected chi connectivity index (χ3v) is 4.25. The third kappa shape index (κ3) is 9.11. The summed E-state index contributed by atoms with van der Waals surface area (Å²) in [6, 6.07) is 10.1. The first kappa shape index (κ1) is 26.7. The highest BCUT2D eigenvalue weighted by Gasteiger charge is 2.16. The van der Waals surface area contributed by atoms with Gasteiger partial charge in [0.25, 0.3) is 0 Å². The summed E-state index contributed by atoms with van der Waals surface area (Å²) < 4.78 is 37.4. The Morgan fingerprint density at radius 2 is 1.97 bits per heavy atom. The molecule has 0 atom stereocenters. The summed E-state index contributed by atoms with van der Waals surface area (Å²) >= 11 is 0. The lowest BCUT2D eigenvalue weighted by molar-refractivity contribution is -0.0520. The van der Waals surface area contributed by atoms with Crippen LogP contribution in [0.5, 0.6) is 11.5 Å². The fraction of sp³-hybridized carbons (Fsp3) is 0.429. The number of rotatable bonds is 11. The van der Waals surface area contributed by atoms with E-state index < -0.39 is 6.61 Å². The molecular weight excluding hydrogens is 521 g/mol. The van der Waals surface area contributed by atoms with Gasteiger partial charge in [0, 0.05) is 44.5 Å². The van der Waals surface area contributed by atoms with Crippen LogP contribution in [0.1, 0.15) is 25.3 Å². The molecule has 2 aromatic rings. The van der Waals surface area contributed by atoms with E-state index >= 15 is 0 Å². The Kier molecular flexibility index (Phi) is 12.6. The number of aryl methyl sites for hydroxylation is 1. The van der Waals surface area contributed by atoms with Crippen molar-refractivity contribution < 1.29 is 18.3 Å². The largest absolute Gasteiger partial charge is 0.490 e. The van der Waals surface area contributed by atoms with Gasteiger partial charge in [-0.15, -0.1) is 24.0 Å². The van der Waals surface area contributed by atoms with E-state index in [4.69, 9.17) is 4.74 Å². The van der Waals surface area contributed by atoms with Crippen LogP contribution in [0.2, 0.25) is 0 Å². The Labute approximate surface area is 197 Å². The van der Waals surface area contributed by atoms with Crippen molar-refractivity contribution in [3.05, 3.63) is 58.5 Å². The molecule has 10 heteroatoms. The van der Waals surface area contributed by atoms with Gasteiger partial charge in [0.2, 0.25) is 5.56 Å². The third-order valence-electron chi connectivity index (χ3n) is 4.25. The summed E-state index contributed by atoms with van der Waals surface area (Å²) in [5.74, 6) is 0.832. The van der Waals surface area contributed by atoms with Crippen LogP contribution in [0.3, 0.4) is 0 Å². The Bertz CT molecular complexity index is 878. The zero-order chi connectivity index (χ0) is 21.8. The smallest absolute Gasteiger partial charge is 0.387 e. The van der Waals surface area contributed by atoms with Crippen molar-refractivity contribution >= 4 is 29.9 Å². The number of unbranched alkanes of at least 4 members (excludes halogenated alkanes) is 1. The molecule has 1 heterocycles. The van der Waals surface area contributed by atoms with Gasteiger partial charge in [-0.1, -0.05) is 18.2 Å². The van der Waals surface area contributed by atoms with Gasteiger partial charge < -0.3 is 24.7 Å². The molecule has 0 aliphatic carbocycles. The van der Waals surface area contributed by atoms with Crippen molar-refractivity contribution in [2.75, 3.05) is 20.2 Å². The molecular formula is C21H29F2IN4O3. The molecule has 1 aromatic heterocycles. The van der Waals surface area contributed by atoms with Gasteiger partial charge in [-0.25, -0.2) is 0 Å². The van der Waals surface area contributed by atoms with Crippen molar-refractivity contribution in [3.8, 4) is 11.5 Å². The maximum atomic E-state index is 12.8. The predicted molar refractivity (Wildman–Crippen MR) is 128 cm³/mol. The van der Waals surface area contributed by atoms with E-state index in [0.717, 1.165) is 12.8 Å². The van der Waals surface area contributed by atoms with Gasteiger partial charge in [0.1, 0.15) is 0 Å². The number of ether oxygens (including phenoxy) is 2. The molecule has 0 radical (unpaired) electrons. The number of nitrogens with zero attached hydrogens (tertiary/aromatic N) is 2. The maximum Gasteiger partial charge on any atom is 0.387 e. The number of hydrogen-bond donors (Lipinski definition) is 2. The molecule has 0 aliphatic heterocycles. The number of halogens is 3. The van der Waals surface area contributed by atoms with Crippen LogP contribution in [0.15, 0.2) is 52.4 Å². The standard InChI is InChI=1S/C21H28F2N4O3.HI/c1-3-29-17-10-8-9-16(19(17)30-20(22)23)15-26-21(24-2)25-12-5-7-14-27-13-6-4-11-18(27)28;/h4,6,8-11,13,20H,3,5,7,12,14-15H2,1-2H3,(H2,24,25,26);1H. The van der Waals surface area contributed by atoms with Crippen molar-refractivity contribution in [1.82, 2.24) is 15.2 Å². The molecule has 31 heavy (non-hydrogen) atoms. The topological polar surface area (TPSA) is 76.9 Å². The fourth-order valence-corrected chi connectivity index (χ4v) is 2.85. The number of aromatic nitrogens is 1. The molecule has 0 unspecified atom stereocenters. The molecule has 0 saturated heterocycles. The number of pyridine rings is 1. The zero-order valence-electron chi connectivity index (χ0n) is 17.6. The monoisotopic (exact) mass is 550 g/mol. The highest BCUT2D eigenvalue weighted by atomic mass is 127. The molecule has 0 saturated carbocycles. The average molecular weight is 550 g/mol. The number of hydrogen-bond acceptors (Lipinski definition) is 4. The quantitative estimate of drug-likeness (QED) is 0.194. The molecule has 0 fully saturated rings. The number of aliphatic imine (C=N–C) groups is 1. The Balaban J connectivity index is 0.00000480. The van der Waals surface area contributed by atoms with Gasteiger partial charge >= 0.3 is 6.61 Å². The van der Waals surface area contributed by atoms with Crippen molar-refractivity contribution in [1.29, 1.82) is 0 Å². The number of alkyl halides is 2. The van der Waals surface area contributed by atoms with Gasteiger partial charge in [0.05, 0.1) is 6.61 Å². The van der Waals surface area contributed by atoms with E-state index in [2.05, 4.69) is 20.4 Å². The average Bonchev–Trinajstić information content (AvgIpc) is 2.73. The second-order valence-electron chi connectivity index (χ2n) is 6.35. The molecule has 0 spiro atoms. The second-order valence-corrected chi connectivity index (χ2v) is 6.35. The van der Waals surface area contributed by atoms with Crippen molar-refractivity contribution in [2.45, 2.75) is 39.5 Å². The predicted octanol–water partition coefficient (Wildman–Crippen LogP) is 3.61. The van der Waals surface area contributed by atoms with Crippen LogP contribution in [0.25, 0.3) is 0 Å². The summed E-state index contributed by atoms with van der Waals surface area (Å²) in [5.41, 5.74) is 0.520. The van der Waals surface area contributed by atoms with E-state index in [1.54, 1.807) is 49.0 Å². The van der Waals surface area contributed by atoms with Crippen molar-refractivity contribution in [3.63, 3.8) is 0 Å². The minimum absolute atomic E-state index is 0. The molecule has 0 bridgehead atoms. The maximum absolute atomic E-state index is 12.8. The lowest BCUT2D eigenvalue weighted by Crippen LogP contribution is -2.37. The Morgan fingerprint density at radius 3 is 2.65 bits per heavy atom. The molecule has 172 valence electrons. The first-order valence-corrected chi connectivity index (χ1v) is 9.84. The van der Waals surface area contributed by atoms with E-state index in [9.17, 15) is 13.6 Å². The summed E-state index contributed by atoms with van der Waals surface area (Å²) in [6.45, 7) is 0.709. The molecule has 2 rings (SSSR count). The van der Waals surface area contributed by atoms with Crippen LogP contribution in [-0.4, -0.2) is 37.3 Å². The number of guanidine groups is 1. The number of para-hydroxylation sites is 1. The molecule has 1 aromatic carbocycles. The van der Waals surface area contributed by atoms with Crippen LogP contribution in [0.4, 0.5) is 8.78 Å². The van der Waals surface area contributed by atoms with E-state index in [1.165, 1.54) is 6.07 Å². The summed E-state index contributed by atoms with van der Waals surface area (Å²) in [5, 5.41) is 6.26. The SMILES string of the molecule is CCOc1cccc(CNC(=NC)NCCCCn2ccccc2=O)c1OC(F)F.I. The van der Waals surface area contributed by atoms with Gasteiger partial charge in [0.15, 0.2) is 17.5 Å². The zero-order valence-corrected chi connectivity index (χ0v) is 20.0. The number of nitrogens with one attached hydrogen (secondary N) is 2. The highest BCUT2D eigenvalue weighted by Crippen LogP contribution is 2.32. The highest BCUT2D eigenvalue weighted by molar-refractivity contribution is 14.0. The lowest BCUT2D eigenvalue weighted by Gasteiger charge is -2.17. The van der Waals surface area contributed by atoms with Crippen LogP contribution in [0, 0.1) is 0 Å². The fourth-order valence-electron chi connectivity index (χ4n) is 2.85. The van der Waals surface area contributed by atoms with Crippen molar-refractivity contribution in [2.24, 2.45) is 4.99 Å². The molecule has 0 amide bonds. The van der Waals surface area contributed by atoms with Gasteiger partial charge in [-0.3, -0.25) is 9.79 Å². The van der Waals surface area contributed by atoms with E-state index in [0.29, 0.717) is 31.2 Å². The van der Waals surface area contributed by atoms with Gasteiger partial charge in [-0.05, 0) is 31.9 Å². The van der Waals surface area contributed by atoms with E-state index in [-0.39, 0.29) is 47.6 Å². The van der Waals surface area contributed by atoms with Crippen LogP contribution in [-0.2, 0) is 13.1 Å². The van der Waals surface area contributed by atoms with Crippen LogP contribution < -0.4 is 25.7 Å². The Morgan fingerprint density at radius 1 is 1.16 bits per heavy atom. The first-order valence-electron chi connectivity index (χ1n) is 9.84. The molecule has 7 nitrogen and oxygen atoms in total. The van der Waals surface area contributed by atoms with Crippen LogP contribution >= 0.6 is 24.0 Å². The normalized spacial score (nSPS) is 11.1. The first-order chi connectivity index (χ1) is 14.5. The lowest BCUT2D eigenvalue weighted by atomic mass is 10.2. The Hall–Kier alpha value is -2.37. The number of benzene rings is 1. The molecule has 0 aliphatic rings. The summed E-state index contributed by atoms with van der Waals surface area (Å²) in [4.78, 5) is 15.8. The minimum Gasteiger partial charge on any atom is -0.490 e. The molecule has 2 N–H and O–H groups in total. The summed E-state index contributed by atoms with van der Waals surface area (Å²) in [7, 11) is 1.63. The van der Waals surface area contributed by atoms with E-state index in [1.807, 2.05) is 6.07 Å². The second kappa shape index (κ2) is 14.6. The van der Waals surface area contributed by atoms with Gasteiger partial charge in [-0.2, -0.15) is 8.78 Å².